The summed E-state index contributed by atoms with van der Waals surface area (Å²) >= 11 is 0. The minimum Gasteiger partial charge on any atom is -0.510 e. The highest BCUT2D eigenvalue weighted by molar-refractivity contribution is 5.39. The summed E-state index contributed by atoms with van der Waals surface area (Å²) in [4.78, 5) is 0. The van der Waals surface area contributed by atoms with Crippen molar-refractivity contribution in [3.63, 3.8) is 0 Å². The molecule has 4 nitrogen and oxygen atoms in total. The van der Waals surface area contributed by atoms with Crippen LogP contribution in [0.15, 0.2) is 11.3 Å². The van der Waals surface area contributed by atoms with E-state index in [1.54, 1.807) is 0 Å². The number of aliphatic hydroxyl groups is 4. The van der Waals surface area contributed by atoms with Crippen LogP contribution in [0.2, 0.25) is 0 Å². The standard InChI is InChI=1S/C30H50O4/c1-16-9-12-27(5)15-20(32)30(8)22(21(27)17(16)2)23(33)24(34)25-28(6)13-11-19(31)26(3,4)18(28)10-14-29(25,30)7/h16-21,24-25,31-34H,9-15H2,1-8H3/t16-,17+,18+,19+,20+,21+,24-,25-,27-,28+,29-,30-/m1/s1. The Labute approximate surface area is 207 Å². The fraction of sp³-hybridized carbons (Fsp3) is 0.933. The zero-order valence-electron chi connectivity index (χ0n) is 22.9. The predicted octanol–water partition coefficient (Wildman–Crippen LogP) is 5.85. The number of aliphatic hydroxyl groups excluding tert-OH is 4. The van der Waals surface area contributed by atoms with Gasteiger partial charge in [0.2, 0.25) is 0 Å². The molecule has 0 saturated heterocycles. The van der Waals surface area contributed by atoms with Crippen molar-refractivity contribution in [2.24, 2.45) is 56.7 Å². The molecule has 4 saturated carbocycles. The molecule has 0 spiro atoms. The number of fused-ring (bicyclic) bond motifs is 7. The first-order valence-corrected chi connectivity index (χ1v) is 14.0. The van der Waals surface area contributed by atoms with Crippen molar-refractivity contribution in [2.75, 3.05) is 0 Å². The lowest BCUT2D eigenvalue weighted by Crippen LogP contribution is -2.71. The third kappa shape index (κ3) is 2.72. The van der Waals surface area contributed by atoms with Gasteiger partial charge in [-0.25, -0.2) is 0 Å². The van der Waals surface area contributed by atoms with Crippen LogP contribution in [-0.2, 0) is 0 Å². The Morgan fingerprint density at radius 3 is 2.09 bits per heavy atom. The molecule has 0 amide bonds. The average Bonchev–Trinajstić information content (AvgIpc) is 2.74. The lowest BCUT2D eigenvalue weighted by molar-refractivity contribution is -0.251. The molecule has 5 aliphatic rings. The second-order valence-corrected chi connectivity index (χ2v) is 15.0. The molecule has 0 aromatic heterocycles. The molecule has 5 aliphatic carbocycles. The molecule has 0 aromatic rings. The highest BCUT2D eigenvalue weighted by Gasteiger charge is 2.73. The van der Waals surface area contributed by atoms with Crippen LogP contribution in [0.3, 0.4) is 0 Å². The Kier molecular flexibility index (Phi) is 5.35. The molecule has 0 unspecified atom stereocenters. The van der Waals surface area contributed by atoms with Gasteiger partial charge in [-0.2, -0.15) is 0 Å². The normalized spacial score (nSPS) is 58.9. The van der Waals surface area contributed by atoms with E-state index in [9.17, 15) is 20.4 Å². The summed E-state index contributed by atoms with van der Waals surface area (Å²) < 4.78 is 0. The third-order valence-electron chi connectivity index (χ3n) is 13.5. The maximum Gasteiger partial charge on any atom is 0.121 e. The Bertz CT molecular complexity index is 894. The predicted molar refractivity (Wildman–Crippen MR) is 135 cm³/mol. The Morgan fingerprint density at radius 1 is 0.794 bits per heavy atom. The van der Waals surface area contributed by atoms with Crippen molar-refractivity contribution in [1.82, 2.24) is 0 Å². The maximum absolute atomic E-state index is 12.0. The van der Waals surface area contributed by atoms with Gasteiger partial charge in [-0.3, -0.25) is 0 Å². The smallest absolute Gasteiger partial charge is 0.121 e. The average molecular weight is 475 g/mol. The van der Waals surface area contributed by atoms with E-state index in [0.29, 0.717) is 11.8 Å². The first-order valence-electron chi connectivity index (χ1n) is 14.0. The summed E-state index contributed by atoms with van der Waals surface area (Å²) in [7, 11) is 0. The van der Waals surface area contributed by atoms with Gasteiger partial charge in [-0.05, 0) is 95.9 Å². The molecule has 0 aromatic carbocycles. The van der Waals surface area contributed by atoms with E-state index in [0.717, 1.165) is 50.5 Å². The van der Waals surface area contributed by atoms with Crippen LogP contribution in [0, 0.1) is 56.7 Å². The minimum atomic E-state index is -0.911. The highest BCUT2D eigenvalue weighted by atomic mass is 16.3. The molecule has 0 aliphatic heterocycles. The van der Waals surface area contributed by atoms with Crippen LogP contribution in [0.25, 0.3) is 0 Å². The van der Waals surface area contributed by atoms with Crippen LogP contribution in [-0.4, -0.2) is 38.7 Å². The van der Waals surface area contributed by atoms with Crippen molar-refractivity contribution in [3.8, 4) is 0 Å². The van der Waals surface area contributed by atoms with E-state index in [2.05, 4.69) is 55.4 Å². The lowest BCUT2D eigenvalue weighted by atomic mass is 9.32. The molecule has 0 bridgehead atoms. The molecule has 0 heterocycles. The number of hydrogen-bond donors (Lipinski definition) is 4. The summed E-state index contributed by atoms with van der Waals surface area (Å²) in [5.41, 5.74) is -0.385. The quantitative estimate of drug-likeness (QED) is 0.355. The molecule has 0 radical (unpaired) electrons. The molecule has 12 atom stereocenters. The summed E-state index contributed by atoms with van der Waals surface area (Å²) in [6.45, 7) is 18.2. The zero-order valence-corrected chi connectivity index (χ0v) is 22.9. The molecule has 4 fully saturated rings. The van der Waals surface area contributed by atoms with E-state index < -0.39 is 17.6 Å². The SMILES string of the molecule is C[C@H]1[C@H](C)CC[C@]2(C)C[C@H](O)[C@]3(C)C(=C(O)[C@@H](O)[C@@H]4[C@@]5(C)CC[C@H](O)C(C)(C)[C@@H]5CC[C@]43C)[C@H]12. The number of rotatable bonds is 0. The van der Waals surface area contributed by atoms with Gasteiger partial charge >= 0.3 is 0 Å². The molecule has 34 heavy (non-hydrogen) atoms. The molecular weight excluding hydrogens is 424 g/mol. The summed E-state index contributed by atoms with van der Waals surface area (Å²) in [6.07, 6.45) is 4.68. The number of hydrogen-bond acceptors (Lipinski definition) is 4. The van der Waals surface area contributed by atoms with Crippen molar-refractivity contribution in [1.29, 1.82) is 0 Å². The summed E-state index contributed by atoms with van der Waals surface area (Å²) in [5.74, 6) is 1.46. The molecule has 5 rings (SSSR count). The maximum atomic E-state index is 12.0. The second kappa shape index (κ2) is 7.25. The lowest BCUT2D eigenvalue weighted by Gasteiger charge is -2.73. The first-order chi connectivity index (χ1) is 15.6. The van der Waals surface area contributed by atoms with Crippen LogP contribution < -0.4 is 0 Å². The minimum absolute atomic E-state index is 0.0465. The largest absolute Gasteiger partial charge is 0.510 e. The molecule has 4 heteroatoms. The molecular formula is C30H50O4. The Hall–Kier alpha value is -0.580. The van der Waals surface area contributed by atoms with Gasteiger partial charge in [0.05, 0.1) is 12.2 Å². The van der Waals surface area contributed by atoms with Gasteiger partial charge in [0.25, 0.3) is 0 Å². The first kappa shape index (κ1) is 25.1. The van der Waals surface area contributed by atoms with Crippen molar-refractivity contribution < 1.29 is 20.4 Å². The van der Waals surface area contributed by atoms with Gasteiger partial charge in [0, 0.05) is 11.3 Å². The van der Waals surface area contributed by atoms with E-state index in [1.165, 1.54) is 0 Å². The Balaban J connectivity index is 1.72. The van der Waals surface area contributed by atoms with E-state index in [-0.39, 0.29) is 51.3 Å². The second-order valence-electron chi connectivity index (χ2n) is 15.0. The van der Waals surface area contributed by atoms with E-state index in [4.69, 9.17) is 0 Å². The van der Waals surface area contributed by atoms with Gasteiger partial charge in [-0.15, -0.1) is 0 Å². The van der Waals surface area contributed by atoms with Crippen molar-refractivity contribution in [2.45, 2.75) is 119 Å². The fourth-order valence-corrected chi connectivity index (χ4v) is 11.1. The summed E-state index contributed by atoms with van der Waals surface area (Å²) in [6, 6.07) is 0. The van der Waals surface area contributed by atoms with E-state index >= 15 is 0 Å². The fourth-order valence-electron chi connectivity index (χ4n) is 11.1. The monoisotopic (exact) mass is 474 g/mol. The van der Waals surface area contributed by atoms with Crippen molar-refractivity contribution >= 4 is 0 Å². The van der Waals surface area contributed by atoms with Gasteiger partial charge in [0.1, 0.15) is 11.9 Å². The van der Waals surface area contributed by atoms with Crippen LogP contribution >= 0.6 is 0 Å². The van der Waals surface area contributed by atoms with Crippen LogP contribution in [0.1, 0.15) is 100 Å². The van der Waals surface area contributed by atoms with Gasteiger partial charge in [0.15, 0.2) is 0 Å². The van der Waals surface area contributed by atoms with Crippen LogP contribution in [0.4, 0.5) is 0 Å². The summed E-state index contributed by atoms with van der Waals surface area (Å²) in [5, 5.41) is 46.8. The third-order valence-corrected chi connectivity index (χ3v) is 13.5. The van der Waals surface area contributed by atoms with Crippen molar-refractivity contribution in [3.05, 3.63) is 11.3 Å². The van der Waals surface area contributed by atoms with Gasteiger partial charge in [-0.1, -0.05) is 55.4 Å². The molecule has 4 N–H and O–H groups in total. The zero-order chi connectivity index (χ0) is 25.2. The topological polar surface area (TPSA) is 80.9 Å². The Morgan fingerprint density at radius 2 is 1.44 bits per heavy atom. The molecule has 194 valence electrons. The van der Waals surface area contributed by atoms with Gasteiger partial charge < -0.3 is 20.4 Å². The van der Waals surface area contributed by atoms with Crippen LogP contribution in [0.5, 0.6) is 0 Å². The highest BCUT2D eigenvalue weighted by Crippen LogP contribution is 2.76. The van der Waals surface area contributed by atoms with E-state index in [1.807, 2.05) is 0 Å².